The summed E-state index contributed by atoms with van der Waals surface area (Å²) in [6, 6.07) is 14.5. The fourth-order valence-corrected chi connectivity index (χ4v) is 6.36. The highest BCUT2D eigenvalue weighted by Crippen LogP contribution is 2.37. The van der Waals surface area contributed by atoms with E-state index in [0.717, 1.165) is 4.31 Å². The topological polar surface area (TPSA) is 114 Å². The van der Waals surface area contributed by atoms with Gasteiger partial charge in [-0.05, 0) is 75.2 Å². The molecular weight excluding hydrogens is 641 g/mol. The Kier molecular flexibility index (Phi) is 12.0. The first kappa shape index (κ1) is 35.8. The van der Waals surface area contributed by atoms with Gasteiger partial charge in [-0.3, -0.25) is 13.9 Å². The Labute approximate surface area is 275 Å². The standard InChI is InChI=1S/C32H39Cl2N3O7S/c1-8-25(31(39)35-32(2,3)4)36(19-21-9-11-22(33)12-10-21)30(38)20-37(26-17-23(34)13-15-27(26)42-5)45(40,41)24-14-16-28(43-6)29(18-24)44-7/h9-18,25H,8,19-20H2,1-7H3,(H,35,39)/t25-/m1/s1. The van der Waals surface area contributed by atoms with Crippen molar-refractivity contribution in [3.8, 4) is 17.2 Å². The summed E-state index contributed by atoms with van der Waals surface area (Å²) in [6.45, 7) is 6.64. The number of methoxy groups -OCH3 is 3. The van der Waals surface area contributed by atoms with E-state index in [2.05, 4.69) is 5.32 Å². The number of nitrogens with zero attached hydrogens (tertiary/aromatic N) is 2. The molecule has 3 aromatic carbocycles. The number of anilines is 1. The molecule has 0 bridgehead atoms. The highest BCUT2D eigenvalue weighted by molar-refractivity contribution is 7.92. The molecule has 1 atom stereocenters. The number of carbonyl (C=O) groups is 2. The van der Waals surface area contributed by atoms with Gasteiger partial charge in [0.2, 0.25) is 11.8 Å². The summed E-state index contributed by atoms with van der Waals surface area (Å²) in [5, 5.41) is 3.67. The molecule has 0 unspecified atom stereocenters. The summed E-state index contributed by atoms with van der Waals surface area (Å²) in [5.41, 5.74) is 0.160. The van der Waals surface area contributed by atoms with Crippen LogP contribution < -0.4 is 23.8 Å². The van der Waals surface area contributed by atoms with E-state index in [1.807, 2.05) is 20.8 Å². The molecule has 3 rings (SSSR count). The van der Waals surface area contributed by atoms with Gasteiger partial charge < -0.3 is 24.4 Å². The lowest BCUT2D eigenvalue weighted by atomic mass is 10.1. The lowest BCUT2D eigenvalue weighted by Gasteiger charge is -2.35. The van der Waals surface area contributed by atoms with Crippen molar-refractivity contribution < 1.29 is 32.2 Å². The zero-order valence-corrected chi connectivity index (χ0v) is 28.7. The third-order valence-electron chi connectivity index (χ3n) is 6.78. The van der Waals surface area contributed by atoms with Crippen LogP contribution in [0.1, 0.15) is 39.7 Å². The van der Waals surface area contributed by atoms with E-state index in [4.69, 9.17) is 37.4 Å². The second-order valence-electron chi connectivity index (χ2n) is 11.2. The number of rotatable bonds is 13. The maximum absolute atomic E-state index is 14.4. The number of ether oxygens (including phenoxy) is 3. The van der Waals surface area contributed by atoms with E-state index < -0.39 is 34.1 Å². The Hall–Kier alpha value is -3.67. The number of benzene rings is 3. The van der Waals surface area contributed by atoms with Crippen LogP contribution in [0.3, 0.4) is 0 Å². The monoisotopic (exact) mass is 679 g/mol. The van der Waals surface area contributed by atoms with Crippen molar-refractivity contribution in [2.24, 2.45) is 0 Å². The minimum atomic E-state index is -4.46. The second kappa shape index (κ2) is 15.1. The molecule has 3 aromatic rings. The first-order chi connectivity index (χ1) is 21.1. The van der Waals surface area contributed by atoms with Gasteiger partial charge in [-0.2, -0.15) is 0 Å². The van der Waals surface area contributed by atoms with Crippen molar-refractivity contribution in [1.29, 1.82) is 0 Å². The lowest BCUT2D eigenvalue weighted by Crippen LogP contribution is -2.55. The summed E-state index contributed by atoms with van der Waals surface area (Å²) in [6.07, 6.45) is 0.268. The van der Waals surface area contributed by atoms with Gasteiger partial charge in [0.05, 0.1) is 31.9 Å². The molecule has 0 heterocycles. The Balaban J connectivity index is 2.18. The van der Waals surface area contributed by atoms with Gasteiger partial charge >= 0.3 is 0 Å². The number of hydrogen-bond donors (Lipinski definition) is 1. The van der Waals surface area contributed by atoms with Crippen LogP contribution in [-0.2, 0) is 26.2 Å². The molecule has 244 valence electrons. The van der Waals surface area contributed by atoms with Crippen LogP contribution in [0.4, 0.5) is 5.69 Å². The first-order valence-corrected chi connectivity index (χ1v) is 16.3. The third-order valence-corrected chi connectivity index (χ3v) is 9.02. The minimum Gasteiger partial charge on any atom is -0.495 e. The maximum Gasteiger partial charge on any atom is 0.265 e. The van der Waals surface area contributed by atoms with Gasteiger partial charge in [0.15, 0.2) is 11.5 Å². The van der Waals surface area contributed by atoms with Gasteiger partial charge in [-0.15, -0.1) is 0 Å². The molecule has 1 N–H and O–H groups in total. The van der Waals surface area contributed by atoms with Gasteiger partial charge in [-0.1, -0.05) is 42.3 Å². The largest absolute Gasteiger partial charge is 0.495 e. The highest BCUT2D eigenvalue weighted by atomic mass is 35.5. The van der Waals surface area contributed by atoms with Crippen LogP contribution in [-0.4, -0.2) is 64.6 Å². The molecule has 10 nitrogen and oxygen atoms in total. The summed E-state index contributed by atoms with van der Waals surface area (Å²) in [7, 11) is -0.254. The number of nitrogens with one attached hydrogen (secondary N) is 1. The van der Waals surface area contributed by atoms with E-state index in [-0.39, 0.29) is 46.0 Å². The van der Waals surface area contributed by atoms with Crippen molar-refractivity contribution in [2.45, 2.75) is 57.1 Å². The molecule has 0 aliphatic carbocycles. The third kappa shape index (κ3) is 8.96. The van der Waals surface area contributed by atoms with Gasteiger partial charge in [-0.25, -0.2) is 8.42 Å². The summed E-state index contributed by atoms with van der Waals surface area (Å²) < 4.78 is 45.8. The zero-order chi connectivity index (χ0) is 33.5. The van der Waals surface area contributed by atoms with E-state index in [9.17, 15) is 18.0 Å². The van der Waals surface area contributed by atoms with Crippen LogP contribution in [0.2, 0.25) is 10.0 Å². The van der Waals surface area contributed by atoms with E-state index in [0.29, 0.717) is 16.3 Å². The molecule has 0 spiro atoms. The van der Waals surface area contributed by atoms with Crippen LogP contribution >= 0.6 is 23.2 Å². The van der Waals surface area contributed by atoms with Crippen molar-refractivity contribution in [1.82, 2.24) is 10.2 Å². The Morgan fingerprint density at radius 2 is 1.42 bits per heavy atom. The normalized spacial score (nSPS) is 12.2. The molecule has 0 fully saturated rings. The van der Waals surface area contributed by atoms with Crippen molar-refractivity contribution in [3.05, 3.63) is 76.3 Å². The van der Waals surface area contributed by atoms with E-state index in [1.54, 1.807) is 37.3 Å². The van der Waals surface area contributed by atoms with E-state index >= 15 is 0 Å². The molecule has 45 heavy (non-hydrogen) atoms. The zero-order valence-electron chi connectivity index (χ0n) is 26.4. The van der Waals surface area contributed by atoms with Crippen LogP contribution in [0.5, 0.6) is 17.2 Å². The Morgan fingerprint density at radius 1 is 0.844 bits per heavy atom. The molecule has 0 radical (unpaired) electrons. The first-order valence-electron chi connectivity index (χ1n) is 14.1. The van der Waals surface area contributed by atoms with Gasteiger partial charge in [0, 0.05) is 28.2 Å². The second-order valence-corrected chi connectivity index (χ2v) is 13.9. The average Bonchev–Trinajstić information content (AvgIpc) is 2.99. The average molecular weight is 681 g/mol. The van der Waals surface area contributed by atoms with Crippen molar-refractivity contribution in [3.63, 3.8) is 0 Å². The molecule has 0 aliphatic heterocycles. The lowest BCUT2D eigenvalue weighted by molar-refractivity contribution is -0.141. The number of amides is 2. The Morgan fingerprint density at radius 3 is 1.98 bits per heavy atom. The summed E-state index contributed by atoms with van der Waals surface area (Å²) >= 11 is 12.4. The number of carbonyl (C=O) groups excluding carboxylic acids is 2. The SMILES string of the molecule is CC[C@H](C(=O)NC(C)(C)C)N(Cc1ccc(Cl)cc1)C(=O)CN(c1cc(Cl)ccc1OC)S(=O)(=O)c1ccc(OC)c(OC)c1. The van der Waals surface area contributed by atoms with E-state index in [1.165, 1.54) is 56.6 Å². The quantitative estimate of drug-likeness (QED) is 0.238. The summed E-state index contributed by atoms with van der Waals surface area (Å²) in [5.74, 6) is -0.340. The number of halogens is 2. The molecule has 0 saturated carbocycles. The van der Waals surface area contributed by atoms with Crippen molar-refractivity contribution in [2.75, 3.05) is 32.2 Å². The summed E-state index contributed by atoms with van der Waals surface area (Å²) in [4.78, 5) is 29.1. The van der Waals surface area contributed by atoms with Crippen LogP contribution in [0, 0.1) is 0 Å². The predicted molar refractivity (Wildman–Crippen MR) is 176 cm³/mol. The van der Waals surface area contributed by atoms with Crippen molar-refractivity contribution >= 4 is 50.7 Å². The van der Waals surface area contributed by atoms with Crippen LogP contribution in [0.15, 0.2) is 65.6 Å². The Bertz CT molecular complexity index is 1610. The minimum absolute atomic E-state index is 0.0169. The fraction of sp³-hybridized carbons (Fsp3) is 0.375. The smallest absolute Gasteiger partial charge is 0.265 e. The molecular formula is C32H39Cl2N3O7S. The predicted octanol–water partition coefficient (Wildman–Crippen LogP) is 5.94. The molecule has 0 saturated heterocycles. The number of sulfonamides is 1. The molecule has 0 aliphatic rings. The van der Waals surface area contributed by atoms with Crippen LogP contribution in [0.25, 0.3) is 0 Å². The fourth-order valence-electron chi connectivity index (χ4n) is 4.63. The van der Waals surface area contributed by atoms with Gasteiger partial charge in [0.1, 0.15) is 18.3 Å². The molecule has 2 amide bonds. The van der Waals surface area contributed by atoms with Gasteiger partial charge in [0.25, 0.3) is 10.0 Å². The number of hydrogen-bond acceptors (Lipinski definition) is 7. The maximum atomic E-state index is 14.4. The molecule has 13 heteroatoms. The highest BCUT2D eigenvalue weighted by Gasteiger charge is 2.36. The molecule has 0 aromatic heterocycles.